The zero-order chi connectivity index (χ0) is 16.8. The number of hydrogen-bond donors (Lipinski definition) is 1. The molecule has 1 unspecified atom stereocenters. The second kappa shape index (κ2) is 7.58. The number of benzene rings is 2. The third-order valence-corrected chi connectivity index (χ3v) is 3.19. The molecule has 0 aliphatic rings. The Hall–Kier alpha value is -2.63. The first-order valence-electron chi connectivity index (χ1n) is 7.10. The summed E-state index contributed by atoms with van der Waals surface area (Å²) >= 11 is 0. The number of carbonyl (C=O) groups excluding carboxylic acids is 1. The first-order valence-corrected chi connectivity index (χ1v) is 7.10. The van der Waals surface area contributed by atoms with Crippen LogP contribution in [0, 0.1) is 11.6 Å². The van der Waals surface area contributed by atoms with Gasteiger partial charge in [-0.2, -0.15) is 0 Å². The second-order valence-corrected chi connectivity index (χ2v) is 4.78. The van der Waals surface area contributed by atoms with E-state index in [-0.39, 0.29) is 5.69 Å². The molecular weight excluding hydrogens is 304 g/mol. The lowest BCUT2D eigenvalue weighted by Gasteiger charge is -2.18. The molecule has 2 aromatic rings. The molecule has 0 saturated carbocycles. The van der Waals surface area contributed by atoms with Gasteiger partial charge in [-0.3, -0.25) is 4.79 Å². The maximum absolute atomic E-state index is 13.2. The lowest BCUT2D eigenvalue weighted by Crippen LogP contribution is -2.32. The molecule has 0 spiro atoms. The predicted molar refractivity (Wildman–Crippen MR) is 82.7 cm³/mol. The first kappa shape index (κ1) is 16.7. The molecule has 0 fully saturated rings. The fourth-order valence-corrected chi connectivity index (χ4v) is 1.99. The molecule has 1 amide bonds. The molecule has 0 radical (unpaired) electrons. The lowest BCUT2D eigenvalue weighted by molar-refractivity contribution is -0.122. The molecule has 0 aliphatic carbocycles. The van der Waals surface area contributed by atoms with Crippen molar-refractivity contribution in [1.82, 2.24) is 0 Å². The van der Waals surface area contributed by atoms with Crippen LogP contribution in [0.4, 0.5) is 14.5 Å². The minimum absolute atomic E-state index is 0.163. The molecule has 0 aromatic heterocycles. The third kappa shape index (κ3) is 4.18. The zero-order valence-corrected chi connectivity index (χ0v) is 12.8. The minimum atomic E-state index is -1.03. The Kier molecular flexibility index (Phi) is 5.51. The van der Waals surface area contributed by atoms with E-state index in [4.69, 9.17) is 9.47 Å². The molecule has 23 heavy (non-hydrogen) atoms. The summed E-state index contributed by atoms with van der Waals surface area (Å²) in [5.74, 6) is -1.51. The van der Waals surface area contributed by atoms with Crippen LogP contribution < -0.4 is 14.8 Å². The Balaban J connectivity index is 2.10. The lowest BCUT2D eigenvalue weighted by atomic mass is 10.2. The number of ether oxygens (including phenoxy) is 2. The Morgan fingerprint density at radius 2 is 1.83 bits per heavy atom. The number of carbonyl (C=O) groups is 1. The highest BCUT2D eigenvalue weighted by atomic mass is 19.2. The maximum atomic E-state index is 13.2. The van der Waals surface area contributed by atoms with Gasteiger partial charge in [0, 0.05) is 11.8 Å². The number of methoxy groups -OCH3 is 1. The SMILES string of the molecule is CCC(Oc1ccccc1OC)C(=O)Nc1ccc(F)c(F)c1. The maximum Gasteiger partial charge on any atom is 0.265 e. The van der Waals surface area contributed by atoms with E-state index in [1.54, 1.807) is 31.2 Å². The van der Waals surface area contributed by atoms with Crippen LogP contribution in [0.25, 0.3) is 0 Å². The van der Waals surface area contributed by atoms with Gasteiger partial charge in [-0.15, -0.1) is 0 Å². The van der Waals surface area contributed by atoms with Gasteiger partial charge in [0.2, 0.25) is 0 Å². The van der Waals surface area contributed by atoms with Crippen molar-refractivity contribution in [2.45, 2.75) is 19.4 Å². The van der Waals surface area contributed by atoms with Crippen molar-refractivity contribution in [2.24, 2.45) is 0 Å². The van der Waals surface area contributed by atoms with E-state index in [1.165, 1.54) is 13.2 Å². The fraction of sp³-hybridized carbons (Fsp3) is 0.235. The largest absolute Gasteiger partial charge is 0.493 e. The average Bonchev–Trinajstić information content (AvgIpc) is 2.56. The average molecular weight is 321 g/mol. The van der Waals surface area contributed by atoms with Gasteiger partial charge in [0.05, 0.1) is 7.11 Å². The molecule has 6 heteroatoms. The molecular formula is C17H17F2NO3. The minimum Gasteiger partial charge on any atom is -0.493 e. The van der Waals surface area contributed by atoms with Gasteiger partial charge >= 0.3 is 0 Å². The Bertz CT molecular complexity index is 691. The Morgan fingerprint density at radius 3 is 2.43 bits per heavy atom. The van der Waals surface area contributed by atoms with Crippen LogP contribution in [0.2, 0.25) is 0 Å². The number of para-hydroxylation sites is 2. The zero-order valence-electron chi connectivity index (χ0n) is 12.8. The number of rotatable bonds is 6. The van der Waals surface area contributed by atoms with Crippen molar-refractivity contribution in [3.8, 4) is 11.5 Å². The van der Waals surface area contributed by atoms with Crippen LogP contribution in [0.3, 0.4) is 0 Å². The van der Waals surface area contributed by atoms with E-state index in [0.717, 1.165) is 12.1 Å². The molecule has 0 bridgehead atoms. The summed E-state index contributed by atoms with van der Waals surface area (Å²) in [5.41, 5.74) is 0.163. The summed E-state index contributed by atoms with van der Waals surface area (Å²) in [4.78, 5) is 12.3. The fourth-order valence-electron chi connectivity index (χ4n) is 1.99. The molecule has 0 heterocycles. The summed E-state index contributed by atoms with van der Waals surface area (Å²) in [6, 6.07) is 10.1. The van der Waals surface area contributed by atoms with E-state index in [0.29, 0.717) is 17.9 Å². The van der Waals surface area contributed by atoms with E-state index in [1.807, 2.05) is 0 Å². The van der Waals surface area contributed by atoms with Crippen molar-refractivity contribution >= 4 is 11.6 Å². The van der Waals surface area contributed by atoms with E-state index in [9.17, 15) is 13.6 Å². The van der Waals surface area contributed by atoms with Crippen LogP contribution in [0.15, 0.2) is 42.5 Å². The van der Waals surface area contributed by atoms with E-state index >= 15 is 0 Å². The standard InChI is InChI=1S/C17H17F2NO3/c1-3-14(23-16-7-5-4-6-15(16)22-2)17(21)20-11-8-9-12(18)13(19)10-11/h4-10,14H,3H2,1-2H3,(H,20,21). The normalized spacial score (nSPS) is 11.7. The van der Waals surface area contributed by atoms with E-state index in [2.05, 4.69) is 5.32 Å². The number of halogens is 2. The number of nitrogens with one attached hydrogen (secondary N) is 1. The molecule has 0 aliphatic heterocycles. The topological polar surface area (TPSA) is 47.6 Å². The second-order valence-electron chi connectivity index (χ2n) is 4.78. The number of hydrogen-bond acceptors (Lipinski definition) is 3. The van der Waals surface area contributed by atoms with Gasteiger partial charge in [-0.25, -0.2) is 8.78 Å². The Morgan fingerprint density at radius 1 is 1.13 bits per heavy atom. The van der Waals surface area contributed by atoms with Crippen LogP contribution in [-0.2, 0) is 4.79 Å². The molecule has 4 nitrogen and oxygen atoms in total. The first-order chi connectivity index (χ1) is 11.0. The third-order valence-electron chi connectivity index (χ3n) is 3.19. The smallest absolute Gasteiger partial charge is 0.265 e. The Labute approximate surface area is 133 Å². The van der Waals surface area contributed by atoms with Gasteiger partial charge in [-0.05, 0) is 30.7 Å². The molecule has 2 rings (SSSR count). The quantitative estimate of drug-likeness (QED) is 0.881. The van der Waals surface area contributed by atoms with Crippen molar-refractivity contribution in [3.05, 3.63) is 54.1 Å². The van der Waals surface area contributed by atoms with Crippen LogP contribution >= 0.6 is 0 Å². The highest BCUT2D eigenvalue weighted by Gasteiger charge is 2.20. The molecule has 1 atom stereocenters. The molecule has 2 aromatic carbocycles. The number of amides is 1. The summed E-state index contributed by atoms with van der Waals surface area (Å²) < 4.78 is 36.9. The van der Waals surface area contributed by atoms with Gasteiger partial charge in [0.1, 0.15) is 0 Å². The summed E-state index contributed by atoms with van der Waals surface area (Å²) in [7, 11) is 1.50. The highest BCUT2D eigenvalue weighted by molar-refractivity contribution is 5.94. The monoisotopic (exact) mass is 321 g/mol. The summed E-state index contributed by atoms with van der Waals surface area (Å²) in [5, 5.41) is 2.51. The van der Waals surface area contributed by atoms with Gasteiger partial charge < -0.3 is 14.8 Å². The van der Waals surface area contributed by atoms with Crippen LogP contribution in [0.1, 0.15) is 13.3 Å². The van der Waals surface area contributed by atoms with Crippen molar-refractivity contribution < 1.29 is 23.0 Å². The van der Waals surface area contributed by atoms with Crippen molar-refractivity contribution in [1.29, 1.82) is 0 Å². The highest BCUT2D eigenvalue weighted by Crippen LogP contribution is 2.27. The van der Waals surface area contributed by atoms with Gasteiger partial charge in [0.15, 0.2) is 29.2 Å². The van der Waals surface area contributed by atoms with Crippen molar-refractivity contribution in [2.75, 3.05) is 12.4 Å². The molecule has 122 valence electrons. The molecule has 0 saturated heterocycles. The van der Waals surface area contributed by atoms with Crippen LogP contribution in [0.5, 0.6) is 11.5 Å². The van der Waals surface area contributed by atoms with Crippen LogP contribution in [-0.4, -0.2) is 19.1 Å². The van der Waals surface area contributed by atoms with Crippen molar-refractivity contribution in [3.63, 3.8) is 0 Å². The van der Waals surface area contributed by atoms with Gasteiger partial charge in [-0.1, -0.05) is 19.1 Å². The number of anilines is 1. The van der Waals surface area contributed by atoms with E-state index < -0.39 is 23.6 Å². The molecule has 1 N–H and O–H groups in total. The predicted octanol–water partition coefficient (Wildman–Crippen LogP) is 3.77. The summed E-state index contributed by atoms with van der Waals surface area (Å²) in [6.45, 7) is 1.78. The summed E-state index contributed by atoms with van der Waals surface area (Å²) in [6.07, 6.45) is -0.396. The van der Waals surface area contributed by atoms with Gasteiger partial charge in [0.25, 0.3) is 5.91 Å².